The van der Waals surface area contributed by atoms with Gasteiger partial charge in [-0.15, -0.1) is 0 Å². The summed E-state index contributed by atoms with van der Waals surface area (Å²) in [5.41, 5.74) is 4.92. The predicted molar refractivity (Wildman–Crippen MR) is 99.0 cm³/mol. The number of morpholine rings is 1. The van der Waals surface area contributed by atoms with E-state index in [1.165, 1.54) is 25.7 Å². The standard InChI is InChI=1S/C22H31NO2/c1-2-18-12-23(14-22(25-18)10-11-24-15-22)13-21-19(16-6-7-16)4-3-5-20(21)17-8-9-17/h3-5,16-18H,2,6-15H2,1H3. The maximum Gasteiger partial charge on any atom is 0.107 e. The van der Waals surface area contributed by atoms with E-state index in [1.807, 2.05) is 0 Å². The van der Waals surface area contributed by atoms with Crippen molar-refractivity contribution in [1.29, 1.82) is 0 Å². The summed E-state index contributed by atoms with van der Waals surface area (Å²) in [6, 6.07) is 7.13. The first kappa shape index (κ1) is 16.3. The number of rotatable bonds is 5. The van der Waals surface area contributed by atoms with Gasteiger partial charge in [-0.3, -0.25) is 4.90 Å². The average molecular weight is 341 g/mol. The van der Waals surface area contributed by atoms with E-state index in [1.54, 1.807) is 16.7 Å². The summed E-state index contributed by atoms with van der Waals surface area (Å²) in [4.78, 5) is 2.68. The monoisotopic (exact) mass is 341 g/mol. The molecule has 0 aromatic heterocycles. The van der Waals surface area contributed by atoms with Crippen LogP contribution in [0.5, 0.6) is 0 Å². The van der Waals surface area contributed by atoms with Gasteiger partial charge in [-0.25, -0.2) is 0 Å². The first-order chi connectivity index (χ1) is 12.3. The fraction of sp³-hybridized carbons (Fsp3) is 0.727. The maximum atomic E-state index is 6.47. The molecule has 0 bridgehead atoms. The third-order valence-corrected chi connectivity index (χ3v) is 6.58. The Labute approximate surface area is 151 Å². The number of hydrogen-bond donors (Lipinski definition) is 0. The molecule has 2 aliphatic heterocycles. The van der Waals surface area contributed by atoms with Gasteiger partial charge < -0.3 is 9.47 Å². The molecule has 4 fully saturated rings. The van der Waals surface area contributed by atoms with E-state index in [0.29, 0.717) is 6.10 Å². The lowest BCUT2D eigenvalue weighted by atomic mass is 9.92. The molecule has 25 heavy (non-hydrogen) atoms. The average Bonchev–Trinajstić information content (AvgIpc) is 3.53. The SMILES string of the molecule is CCC1CN(Cc2c(C3CC3)cccc2C2CC2)CC2(CCOC2)O1. The molecule has 0 radical (unpaired) electrons. The molecular weight excluding hydrogens is 310 g/mol. The number of hydrogen-bond acceptors (Lipinski definition) is 3. The molecular formula is C22H31NO2. The van der Waals surface area contributed by atoms with Crippen LogP contribution in [-0.4, -0.2) is 42.9 Å². The minimum Gasteiger partial charge on any atom is -0.378 e. The van der Waals surface area contributed by atoms with Gasteiger partial charge in [0.2, 0.25) is 0 Å². The van der Waals surface area contributed by atoms with Crippen molar-refractivity contribution >= 4 is 0 Å². The molecule has 0 amide bonds. The van der Waals surface area contributed by atoms with E-state index < -0.39 is 0 Å². The molecule has 2 saturated heterocycles. The molecule has 1 aromatic carbocycles. The molecule has 2 atom stereocenters. The molecule has 2 saturated carbocycles. The minimum absolute atomic E-state index is 0.0484. The predicted octanol–water partition coefficient (Wildman–Crippen LogP) is 4.21. The molecule has 5 rings (SSSR count). The molecule has 2 aliphatic carbocycles. The van der Waals surface area contributed by atoms with E-state index in [0.717, 1.165) is 57.5 Å². The highest BCUT2D eigenvalue weighted by Crippen LogP contribution is 2.48. The molecule has 3 heteroatoms. The second-order valence-electron chi connectivity index (χ2n) is 8.77. The van der Waals surface area contributed by atoms with Gasteiger partial charge in [-0.1, -0.05) is 25.1 Å². The summed E-state index contributed by atoms with van der Waals surface area (Å²) in [6.07, 6.45) is 8.06. The van der Waals surface area contributed by atoms with Gasteiger partial charge in [0, 0.05) is 32.7 Å². The Morgan fingerprint density at radius 2 is 1.84 bits per heavy atom. The van der Waals surface area contributed by atoms with Crippen LogP contribution in [0.15, 0.2) is 18.2 Å². The van der Waals surface area contributed by atoms with Gasteiger partial charge in [0.05, 0.1) is 12.7 Å². The molecule has 0 N–H and O–H groups in total. The second-order valence-corrected chi connectivity index (χ2v) is 8.77. The van der Waals surface area contributed by atoms with Crippen molar-refractivity contribution in [1.82, 2.24) is 4.90 Å². The van der Waals surface area contributed by atoms with E-state index in [2.05, 4.69) is 30.0 Å². The Morgan fingerprint density at radius 1 is 1.12 bits per heavy atom. The van der Waals surface area contributed by atoms with Crippen LogP contribution in [0, 0.1) is 0 Å². The van der Waals surface area contributed by atoms with Crippen molar-refractivity contribution in [2.75, 3.05) is 26.3 Å². The highest BCUT2D eigenvalue weighted by molar-refractivity contribution is 5.43. The zero-order valence-electron chi connectivity index (χ0n) is 15.5. The lowest BCUT2D eigenvalue weighted by molar-refractivity contribution is -0.156. The molecule has 1 aromatic rings. The van der Waals surface area contributed by atoms with Crippen LogP contribution in [0.25, 0.3) is 0 Å². The highest BCUT2D eigenvalue weighted by Gasteiger charge is 2.44. The van der Waals surface area contributed by atoms with Gasteiger partial charge in [-0.05, 0) is 60.6 Å². The Kier molecular flexibility index (Phi) is 4.15. The summed E-state index contributed by atoms with van der Waals surface area (Å²) < 4.78 is 12.2. The van der Waals surface area contributed by atoms with Gasteiger partial charge in [0.1, 0.15) is 5.60 Å². The van der Waals surface area contributed by atoms with E-state index in [4.69, 9.17) is 9.47 Å². The van der Waals surface area contributed by atoms with Crippen LogP contribution in [0.4, 0.5) is 0 Å². The van der Waals surface area contributed by atoms with Crippen LogP contribution in [0.3, 0.4) is 0 Å². The van der Waals surface area contributed by atoms with Crippen LogP contribution >= 0.6 is 0 Å². The first-order valence-corrected chi connectivity index (χ1v) is 10.4. The first-order valence-electron chi connectivity index (χ1n) is 10.4. The number of nitrogens with zero attached hydrogens (tertiary/aromatic N) is 1. The van der Waals surface area contributed by atoms with E-state index in [-0.39, 0.29) is 5.60 Å². The Balaban J connectivity index is 1.42. The summed E-state index contributed by atoms with van der Waals surface area (Å²) in [6.45, 7) is 7.11. The van der Waals surface area contributed by atoms with E-state index >= 15 is 0 Å². The van der Waals surface area contributed by atoms with Gasteiger partial charge in [-0.2, -0.15) is 0 Å². The summed E-state index contributed by atoms with van der Waals surface area (Å²) in [5.74, 6) is 1.67. The van der Waals surface area contributed by atoms with Gasteiger partial charge >= 0.3 is 0 Å². The van der Waals surface area contributed by atoms with Gasteiger partial charge in [0.25, 0.3) is 0 Å². The molecule has 3 nitrogen and oxygen atoms in total. The summed E-state index contributed by atoms with van der Waals surface area (Å²) in [7, 11) is 0. The molecule has 2 unspecified atom stereocenters. The van der Waals surface area contributed by atoms with Crippen molar-refractivity contribution in [2.24, 2.45) is 0 Å². The smallest absolute Gasteiger partial charge is 0.107 e. The van der Waals surface area contributed by atoms with Crippen molar-refractivity contribution in [3.8, 4) is 0 Å². The molecule has 4 aliphatic rings. The quantitative estimate of drug-likeness (QED) is 0.801. The topological polar surface area (TPSA) is 21.7 Å². The van der Waals surface area contributed by atoms with Crippen molar-refractivity contribution in [3.63, 3.8) is 0 Å². The minimum atomic E-state index is -0.0484. The zero-order valence-corrected chi connectivity index (χ0v) is 15.5. The Bertz CT molecular complexity index is 599. The van der Waals surface area contributed by atoms with Crippen LogP contribution in [-0.2, 0) is 16.0 Å². The normalized spacial score (nSPS) is 33.2. The zero-order chi connectivity index (χ0) is 16.9. The summed E-state index contributed by atoms with van der Waals surface area (Å²) in [5, 5.41) is 0. The fourth-order valence-corrected chi connectivity index (χ4v) is 4.91. The third-order valence-electron chi connectivity index (χ3n) is 6.58. The van der Waals surface area contributed by atoms with Crippen molar-refractivity contribution < 1.29 is 9.47 Å². The van der Waals surface area contributed by atoms with Crippen molar-refractivity contribution in [2.45, 2.75) is 75.5 Å². The third kappa shape index (κ3) is 3.27. The number of benzene rings is 1. The van der Waals surface area contributed by atoms with Crippen LogP contribution in [0.1, 0.15) is 74.0 Å². The second kappa shape index (κ2) is 6.37. The Hall–Kier alpha value is -0.900. The lowest BCUT2D eigenvalue weighted by Gasteiger charge is -2.44. The number of ether oxygens (including phenoxy) is 2. The molecule has 1 spiro atoms. The van der Waals surface area contributed by atoms with Crippen molar-refractivity contribution in [3.05, 3.63) is 34.9 Å². The lowest BCUT2D eigenvalue weighted by Crippen LogP contribution is -2.55. The Morgan fingerprint density at radius 3 is 2.40 bits per heavy atom. The fourth-order valence-electron chi connectivity index (χ4n) is 4.91. The van der Waals surface area contributed by atoms with Crippen LogP contribution in [0.2, 0.25) is 0 Å². The maximum absolute atomic E-state index is 6.47. The summed E-state index contributed by atoms with van der Waals surface area (Å²) >= 11 is 0. The molecule has 2 heterocycles. The van der Waals surface area contributed by atoms with E-state index in [9.17, 15) is 0 Å². The van der Waals surface area contributed by atoms with Crippen LogP contribution < -0.4 is 0 Å². The molecule has 136 valence electrons. The largest absolute Gasteiger partial charge is 0.378 e. The van der Waals surface area contributed by atoms with Gasteiger partial charge in [0.15, 0.2) is 0 Å². The highest BCUT2D eigenvalue weighted by atomic mass is 16.6.